The normalized spacial score (nSPS) is 15.4. The summed E-state index contributed by atoms with van der Waals surface area (Å²) in [6.07, 6.45) is 0. The summed E-state index contributed by atoms with van der Waals surface area (Å²) in [7, 11) is 3.00. The fraction of sp³-hybridized carbons (Fsp3) is 0.400. The molecule has 1 saturated heterocycles. The molecule has 1 heterocycles. The van der Waals surface area contributed by atoms with Crippen molar-refractivity contribution in [1.29, 1.82) is 0 Å². The predicted octanol–water partition coefficient (Wildman–Crippen LogP) is 3.58. The van der Waals surface area contributed by atoms with Gasteiger partial charge in [0.05, 0.1) is 25.2 Å². The minimum absolute atomic E-state index is 0.0567. The van der Waals surface area contributed by atoms with Gasteiger partial charge in [-0.15, -0.1) is 0 Å². The molecule has 0 aliphatic carbocycles. The number of piperazine rings is 1. The van der Waals surface area contributed by atoms with Crippen LogP contribution in [0.3, 0.4) is 0 Å². The number of rotatable bonds is 7. The minimum Gasteiger partial charge on any atom is -0.493 e. The number of ether oxygens (including phenoxy) is 2. The zero-order valence-electron chi connectivity index (χ0n) is 16.1. The second-order valence-electron chi connectivity index (χ2n) is 6.77. The lowest BCUT2D eigenvalue weighted by Crippen LogP contribution is -2.45. The molecule has 0 spiro atoms. The summed E-state index contributed by atoms with van der Waals surface area (Å²) in [5.74, 6) is 0.871. The van der Waals surface area contributed by atoms with E-state index < -0.39 is 0 Å². The fourth-order valence-corrected chi connectivity index (χ4v) is 3.53. The van der Waals surface area contributed by atoms with Gasteiger partial charge in [0.25, 0.3) is 5.69 Å². The fourth-order valence-electron chi connectivity index (χ4n) is 3.40. The Morgan fingerprint density at radius 1 is 0.964 bits per heavy atom. The first kappa shape index (κ1) is 20.4. The minimum atomic E-state index is -0.367. The van der Waals surface area contributed by atoms with E-state index in [1.165, 1.54) is 25.8 Å². The largest absolute Gasteiger partial charge is 0.493 e. The molecule has 150 valence electrons. The monoisotopic (exact) mass is 405 g/mol. The number of nitro groups is 1. The lowest BCUT2D eigenvalue weighted by molar-refractivity contribution is -0.385. The number of nitrogens with zero attached hydrogens (tertiary/aromatic N) is 3. The molecule has 1 aliphatic heterocycles. The van der Waals surface area contributed by atoms with Crippen LogP contribution in [0, 0.1) is 10.1 Å². The van der Waals surface area contributed by atoms with E-state index in [1.807, 2.05) is 24.3 Å². The quantitative estimate of drug-likeness (QED) is 0.518. The van der Waals surface area contributed by atoms with Crippen LogP contribution in [-0.2, 0) is 13.1 Å². The molecule has 2 aromatic carbocycles. The second kappa shape index (κ2) is 9.23. The van der Waals surface area contributed by atoms with Crippen LogP contribution < -0.4 is 9.47 Å². The molecule has 1 aliphatic rings. The van der Waals surface area contributed by atoms with E-state index >= 15 is 0 Å². The Labute approximate surface area is 169 Å². The van der Waals surface area contributed by atoms with Crippen molar-refractivity contribution in [2.75, 3.05) is 40.4 Å². The number of nitro benzene ring substituents is 1. The summed E-state index contributed by atoms with van der Waals surface area (Å²) in [4.78, 5) is 15.7. The highest BCUT2D eigenvalue weighted by atomic mass is 35.5. The van der Waals surface area contributed by atoms with Crippen LogP contribution in [0.5, 0.6) is 11.5 Å². The highest BCUT2D eigenvalue weighted by Crippen LogP contribution is 2.35. The van der Waals surface area contributed by atoms with Gasteiger partial charge in [-0.05, 0) is 23.8 Å². The van der Waals surface area contributed by atoms with E-state index in [-0.39, 0.29) is 10.6 Å². The van der Waals surface area contributed by atoms with Crippen LogP contribution in [0.1, 0.15) is 11.1 Å². The van der Waals surface area contributed by atoms with Gasteiger partial charge in [0.2, 0.25) is 0 Å². The molecule has 1 fully saturated rings. The van der Waals surface area contributed by atoms with Crippen LogP contribution in [0.25, 0.3) is 0 Å². The molecule has 0 N–H and O–H groups in total. The molecular formula is C20H24ClN3O4. The van der Waals surface area contributed by atoms with Gasteiger partial charge in [0.15, 0.2) is 11.5 Å². The highest BCUT2D eigenvalue weighted by Gasteiger charge is 2.23. The third-order valence-corrected chi connectivity index (χ3v) is 5.21. The van der Waals surface area contributed by atoms with Crippen molar-refractivity contribution in [3.63, 3.8) is 0 Å². The maximum Gasteiger partial charge on any atom is 0.277 e. The van der Waals surface area contributed by atoms with Crippen LogP contribution in [0.2, 0.25) is 5.02 Å². The van der Waals surface area contributed by atoms with Crippen LogP contribution in [0.15, 0.2) is 36.4 Å². The Balaban J connectivity index is 1.64. The molecule has 0 atom stereocenters. The van der Waals surface area contributed by atoms with Crippen molar-refractivity contribution in [2.24, 2.45) is 0 Å². The summed E-state index contributed by atoms with van der Waals surface area (Å²) in [6, 6.07) is 11.0. The van der Waals surface area contributed by atoms with Crippen LogP contribution >= 0.6 is 11.6 Å². The molecule has 3 rings (SSSR count). The van der Waals surface area contributed by atoms with Gasteiger partial charge >= 0.3 is 0 Å². The van der Waals surface area contributed by atoms with Crippen molar-refractivity contribution < 1.29 is 14.4 Å². The summed E-state index contributed by atoms with van der Waals surface area (Å²) >= 11 is 5.94. The van der Waals surface area contributed by atoms with Gasteiger partial charge in [0, 0.05) is 49.9 Å². The molecule has 0 aromatic heterocycles. The highest BCUT2D eigenvalue weighted by molar-refractivity contribution is 6.30. The van der Waals surface area contributed by atoms with Crippen molar-refractivity contribution in [3.8, 4) is 11.5 Å². The standard InChI is InChI=1S/C20H24ClN3O4/c1-27-19-11-16(18(24(25)26)12-20(19)28-2)14-23-9-7-22(8-10-23)13-15-3-5-17(21)6-4-15/h3-6,11-12H,7-10,13-14H2,1-2H3. The van der Waals surface area contributed by atoms with E-state index in [2.05, 4.69) is 9.80 Å². The molecule has 7 nitrogen and oxygen atoms in total. The Kier molecular flexibility index (Phi) is 6.72. The Bertz CT molecular complexity index is 821. The number of benzene rings is 2. The van der Waals surface area contributed by atoms with Gasteiger partial charge in [-0.2, -0.15) is 0 Å². The first-order chi connectivity index (χ1) is 13.5. The Morgan fingerprint density at radius 3 is 2.04 bits per heavy atom. The Morgan fingerprint density at radius 2 is 1.50 bits per heavy atom. The van der Waals surface area contributed by atoms with Crippen molar-refractivity contribution in [1.82, 2.24) is 9.80 Å². The van der Waals surface area contributed by atoms with Gasteiger partial charge in [-0.1, -0.05) is 23.7 Å². The first-order valence-corrected chi connectivity index (χ1v) is 9.46. The first-order valence-electron chi connectivity index (χ1n) is 9.08. The number of hydrogen-bond acceptors (Lipinski definition) is 6. The van der Waals surface area contributed by atoms with Gasteiger partial charge < -0.3 is 9.47 Å². The third kappa shape index (κ3) is 4.92. The van der Waals surface area contributed by atoms with Crippen LogP contribution in [-0.4, -0.2) is 55.1 Å². The molecule has 8 heteroatoms. The lowest BCUT2D eigenvalue weighted by atomic mass is 10.1. The Hall–Kier alpha value is -2.35. The molecule has 0 bridgehead atoms. The molecule has 0 radical (unpaired) electrons. The number of methoxy groups -OCH3 is 2. The summed E-state index contributed by atoms with van der Waals surface area (Å²) in [5.41, 5.74) is 1.92. The summed E-state index contributed by atoms with van der Waals surface area (Å²) in [6.45, 7) is 4.89. The zero-order chi connectivity index (χ0) is 20.1. The average Bonchev–Trinajstić information content (AvgIpc) is 2.70. The van der Waals surface area contributed by atoms with Crippen LogP contribution in [0.4, 0.5) is 5.69 Å². The summed E-state index contributed by atoms with van der Waals surface area (Å²) in [5, 5.41) is 12.2. The summed E-state index contributed by atoms with van der Waals surface area (Å²) < 4.78 is 10.5. The van der Waals surface area contributed by atoms with E-state index in [0.29, 0.717) is 23.6 Å². The van der Waals surface area contributed by atoms with Crippen molar-refractivity contribution in [3.05, 3.63) is 62.7 Å². The van der Waals surface area contributed by atoms with E-state index in [9.17, 15) is 10.1 Å². The van der Waals surface area contributed by atoms with Crippen molar-refractivity contribution in [2.45, 2.75) is 13.1 Å². The SMILES string of the molecule is COc1cc(CN2CCN(Cc3ccc(Cl)cc3)CC2)c([N+](=O)[O-])cc1OC. The van der Waals surface area contributed by atoms with Crippen molar-refractivity contribution >= 4 is 17.3 Å². The molecule has 2 aromatic rings. The predicted molar refractivity (Wildman–Crippen MR) is 108 cm³/mol. The zero-order valence-corrected chi connectivity index (χ0v) is 16.8. The molecule has 0 saturated carbocycles. The van der Waals surface area contributed by atoms with Gasteiger partial charge in [0.1, 0.15) is 0 Å². The lowest BCUT2D eigenvalue weighted by Gasteiger charge is -2.34. The molecular weight excluding hydrogens is 382 g/mol. The smallest absolute Gasteiger partial charge is 0.277 e. The second-order valence-corrected chi connectivity index (χ2v) is 7.21. The van der Waals surface area contributed by atoms with E-state index in [4.69, 9.17) is 21.1 Å². The molecule has 0 amide bonds. The van der Waals surface area contributed by atoms with E-state index in [1.54, 1.807) is 6.07 Å². The third-order valence-electron chi connectivity index (χ3n) is 4.96. The average molecular weight is 406 g/mol. The van der Waals surface area contributed by atoms with E-state index in [0.717, 1.165) is 37.7 Å². The topological polar surface area (TPSA) is 68.1 Å². The van der Waals surface area contributed by atoms with Gasteiger partial charge in [-0.25, -0.2) is 0 Å². The van der Waals surface area contributed by atoms with Gasteiger partial charge in [-0.3, -0.25) is 19.9 Å². The number of hydrogen-bond donors (Lipinski definition) is 0. The number of halogens is 1. The molecule has 0 unspecified atom stereocenters. The maximum absolute atomic E-state index is 11.5. The molecule has 28 heavy (non-hydrogen) atoms. The maximum atomic E-state index is 11.5.